The fraction of sp³-hybridized carbons (Fsp3) is 0.516. The number of nitrogens with zero attached hydrogens (tertiary/aromatic N) is 4. The number of para-hydroxylation sites is 1. The van der Waals surface area contributed by atoms with Crippen LogP contribution in [0.15, 0.2) is 53.3 Å². The fourth-order valence-corrected chi connectivity index (χ4v) is 5.23. The molecule has 200 valence electrons. The van der Waals surface area contributed by atoms with E-state index in [4.69, 9.17) is 4.98 Å². The Morgan fingerprint density at radius 3 is 2.38 bits per heavy atom. The lowest BCUT2D eigenvalue weighted by atomic mass is 9.84. The summed E-state index contributed by atoms with van der Waals surface area (Å²) in [5, 5.41) is 0.576. The lowest BCUT2D eigenvalue weighted by Gasteiger charge is -2.34. The maximum atomic E-state index is 13.9. The Balaban J connectivity index is 2.16. The molecule has 1 heterocycles. The molecule has 1 aromatic heterocycles. The third-order valence-electron chi connectivity index (χ3n) is 6.71. The Labute approximate surface area is 222 Å². The number of carbonyl (C=O) groups is 1. The zero-order valence-corrected chi connectivity index (χ0v) is 23.9. The molecule has 0 aliphatic carbocycles. The largest absolute Gasteiger partial charge is 0.331 e. The molecular formula is C31H44N4O2. The van der Waals surface area contributed by atoms with Gasteiger partial charge in [0.1, 0.15) is 5.82 Å². The van der Waals surface area contributed by atoms with Crippen molar-refractivity contribution < 1.29 is 4.79 Å². The highest BCUT2D eigenvalue weighted by Gasteiger charge is 2.30. The number of aryl methyl sites for hydroxylation is 1. The third-order valence-corrected chi connectivity index (χ3v) is 6.71. The second kappa shape index (κ2) is 12.0. The second-order valence-electron chi connectivity index (χ2n) is 11.9. The highest BCUT2D eigenvalue weighted by molar-refractivity contribution is 5.79. The van der Waals surface area contributed by atoms with Crippen LogP contribution in [-0.2, 0) is 4.79 Å². The molecule has 0 aliphatic heterocycles. The van der Waals surface area contributed by atoms with Crippen LogP contribution in [0.5, 0.6) is 0 Å². The van der Waals surface area contributed by atoms with E-state index in [-0.39, 0.29) is 28.8 Å². The van der Waals surface area contributed by atoms with E-state index in [9.17, 15) is 9.59 Å². The molecule has 0 fully saturated rings. The third kappa shape index (κ3) is 7.29. The molecule has 6 nitrogen and oxygen atoms in total. The number of likely N-dealkylation sites (N-methyl/N-ethyl adjacent to an activating group) is 1. The molecule has 0 spiro atoms. The number of hydrogen-bond acceptors (Lipinski definition) is 4. The number of benzene rings is 2. The second-order valence-corrected chi connectivity index (χ2v) is 11.9. The zero-order chi connectivity index (χ0) is 27.3. The SMILES string of the molecule is CCC(c1nc2ccccc2c(=O)n1-c1cccc(C)c1)N(CCN(C)C)C(=O)CC(C)CC(C)(C)C. The van der Waals surface area contributed by atoms with Gasteiger partial charge in [0.2, 0.25) is 5.91 Å². The van der Waals surface area contributed by atoms with Crippen LogP contribution in [0.4, 0.5) is 0 Å². The highest BCUT2D eigenvalue weighted by Crippen LogP contribution is 2.30. The van der Waals surface area contributed by atoms with Gasteiger partial charge in [-0.15, -0.1) is 0 Å². The van der Waals surface area contributed by atoms with Gasteiger partial charge in [0.25, 0.3) is 5.56 Å². The summed E-state index contributed by atoms with van der Waals surface area (Å²) < 4.78 is 1.72. The summed E-state index contributed by atoms with van der Waals surface area (Å²) in [6.07, 6.45) is 2.10. The number of rotatable bonds is 10. The van der Waals surface area contributed by atoms with Crippen molar-refractivity contribution in [2.45, 2.75) is 66.8 Å². The maximum Gasteiger partial charge on any atom is 0.266 e. The molecule has 3 rings (SSSR count). The van der Waals surface area contributed by atoms with E-state index >= 15 is 0 Å². The van der Waals surface area contributed by atoms with E-state index in [2.05, 4.69) is 39.5 Å². The summed E-state index contributed by atoms with van der Waals surface area (Å²) in [5.74, 6) is 0.992. The summed E-state index contributed by atoms with van der Waals surface area (Å²) in [6, 6.07) is 15.1. The van der Waals surface area contributed by atoms with Crippen LogP contribution < -0.4 is 5.56 Å². The van der Waals surface area contributed by atoms with E-state index in [1.54, 1.807) is 4.57 Å². The molecular weight excluding hydrogens is 460 g/mol. The van der Waals surface area contributed by atoms with Crippen LogP contribution in [0.25, 0.3) is 16.6 Å². The lowest BCUT2D eigenvalue weighted by molar-refractivity contribution is -0.135. The zero-order valence-electron chi connectivity index (χ0n) is 23.9. The first-order valence-electron chi connectivity index (χ1n) is 13.4. The predicted octanol–water partition coefficient (Wildman–Crippen LogP) is 6.00. The molecule has 2 atom stereocenters. The molecule has 0 radical (unpaired) electrons. The predicted molar refractivity (Wildman–Crippen MR) is 153 cm³/mol. The molecule has 0 saturated heterocycles. The van der Waals surface area contributed by atoms with Crippen molar-refractivity contribution in [1.82, 2.24) is 19.4 Å². The molecule has 37 heavy (non-hydrogen) atoms. The Kier molecular flexibility index (Phi) is 9.30. The van der Waals surface area contributed by atoms with Crippen LogP contribution in [0, 0.1) is 18.3 Å². The first kappa shape index (κ1) is 28.6. The Hall–Kier alpha value is -2.99. The van der Waals surface area contributed by atoms with Crippen molar-refractivity contribution in [2.75, 3.05) is 27.2 Å². The molecule has 0 aliphatic rings. The normalized spacial score (nSPS) is 13.6. The topological polar surface area (TPSA) is 58.4 Å². The molecule has 6 heteroatoms. The van der Waals surface area contributed by atoms with Gasteiger partial charge in [0, 0.05) is 19.5 Å². The molecule has 1 amide bonds. The minimum Gasteiger partial charge on any atom is -0.331 e. The standard InChI is InChI=1S/C31H44N4O2/c1-9-27(34(18-17-33(7)8)28(36)20-23(3)21-31(4,5)6)29-32-26-16-11-10-15-25(26)30(37)35(29)24-14-12-13-22(2)19-24/h10-16,19,23,27H,9,17-18,20-21H2,1-8H3. The molecule has 0 N–H and O–H groups in total. The van der Waals surface area contributed by atoms with Gasteiger partial charge >= 0.3 is 0 Å². The number of carbonyl (C=O) groups excluding carboxylic acids is 1. The Morgan fingerprint density at radius 2 is 1.76 bits per heavy atom. The van der Waals surface area contributed by atoms with E-state index in [1.807, 2.05) is 74.4 Å². The summed E-state index contributed by atoms with van der Waals surface area (Å²) in [4.78, 5) is 36.8. The number of aromatic nitrogens is 2. The minimum absolute atomic E-state index is 0.106. The van der Waals surface area contributed by atoms with Crippen molar-refractivity contribution in [2.24, 2.45) is 11.3 Å². The van der Waals surface area contributed by atoms with Gasteiger partial charge in [-0.1, -0.05) is 58.9 Å². The van der Waals surface area contributed by atoms with Crippen LogP contribution in [-0.4, -0.2) is 52.4 Å². The van der Waals surface area contributed by atoms with Crippen LogP contribution in [0.2, 0.25) is 0 Å². The summed E-state index contributed by atoms with van der Waals surface area (Å²) in [7, 11) is 4.03. The maximum absolute atomic E-state index is 13.9. The summed E-state index contributed by atoms with van der Waals surface area (Å²) in [5.41, 5.74) is 2.55. The molecule has 0 bridgehead atoms. The number of amides is 1. The minimum atomic E-state index is -0.327. The first-order chi connectivity index (χ1) is 17.4. The van der Waals surface area contributed by atoms with Crippen molar-refractivity contribution in [1.29, 1.82) is 0 Å². The Morgan fingerprint density at radius 1 is 1.05 bits per heavy atom. The quantitative estimate of drug-likeness (QED) is 0.340. The molecule has 3 aromatic rings. The Bertz CT molecular complexity index is 1270. The molecule has 2 unspecified atom stereocenters. The van der Waals surface area contributed by atoms with Gasteiger partial charge in [-0.25, -0.2) is 4.98 Å². The van der Waals surface area contributed by atoms with Crippen LogP contribution in [0.1, 0.15) is 71.3 Å². The van der Waals surface area contributed by atoms with Crippen molar-refractivity contribution in [3.05, 3.63) is 70.3 Å². The van der Waals surface area contributed by atoms with Gasteiger partial charge < -0.3 is 9.80 Å². The van der Waals surface area contributed by atoms with Crippen molar-refractivity contribution in [3.8, 4) is 5.69 Å². The average Bonchev–Trinajstić information content (AvgIpc) is 2.80. The summed E-state index contributed by atoms with van der Waals surface area (Å²) >= 11 is 0. The van der Waals surface area contributed by atoms with Crippen LogP contribution >= 0.6 is 0 Å². The van der Waals surface area contributed by atoms with Crippen molar-refractivity contribution in [3.63, 3.8) is 0 Å². The van der Waals surface area contributed by atoms with E-state index < -0.39 is 0 Å². The molecule has 2 aromatic carbocycles. The number of fused-ring (bicyclic) bond motifs is 1. The first-order valence-corrected chi connectivity index (χ1v) is 13.4. The van der Waals surface area contributed by atoms with Gasteiger partial charge in [-0.3, -0.25) is 14.2 Å². The van der Waals surface area contributed by atoms with Gasteiger partial charge in [0.15, 0.2) is 0 Å². The number of hydrogen-bond donors (Lipinski definition) is 0. The van der Waals surface area contributed by atoms with Gasteiger partial charge in [-0.2, -0.15) is 0 Å². The monoisotopic (exact) mass is 504 g/mol. The highest BCUT2D eigenvalue weighted by atomic mass is 16.2. The van der Waals surface area contributed by atoms with Gasteiger partial charge in [-0.05, 0) is 75.0 Å². The van der Waals surface area contributed by atoms with Gasteiger partial charge in [0.05, 0.1) is 22.6 Å². The van der Waals surface area contributed by atoms with E-state index in [1.165, 1.54) is 0 Å². The fourth-order valence-electron chi connectivity index (χ4n) is 5.23. The van der Waals surface area contributed by atoms with Crippen molar-refractivity contribution >= 4 is 16.8 Å². The van der Waals surface area contributed by atoms with Crippen LogP contribution in [0.3, 0.4) is 0 Å². The lowest BCUT2D eigenvalue weighted by Crippen LogP contribution is -2.42. The average molecular weight is 505 g/mol. The molecule has 0 saturated carbocycles. The van der Waals surface area contributed by atoms with E-state index in [0.717, 1.165) is 24.2 Å². The summed E-state index contributed by atoms with van der Waals surface area (Å²) in [6.45, 7) is 14.2. The smallest absolute Gasteiger partial charge is 0.266 e. The van der Waals surface area contributed by atoms with E-state index in [0.29, 0.717) is 36.1 Å².